The maximum Gasteiger partial charge on any atom is 0.414 e. The Morgan fingerprint density at radius 1 is 1.05 bits per heavy atom. The van der Waals surface area contributed by atoms with Gasteiger partial charge in [0, 0.05) is 44.0 Å². The predicted octanol–water partition coefficient (Wildman–Crippen LogP) is 2.41. The summed E-state index contributed by atoms with van der Waals surface area (Å²) in [6.45, 7) is 2.29. The van der Waals surface area contributed by atoms with Crippen LogP contribution >= 0.6 is 0 Å². The summed E-state index contributed by atoms with van der Waals surface area (Å²) < 4.78 is 29.2. The van der Waals surface area contributed by atoms with Crippen molar-refractivity contribution in [3.63, 3.8) is 0 Å². The Morgan fingerprint density at radius 3 is 2.33 bits per heavy atom. The lowest BCUT2D eigenvalue weighted by atomic mass is 9.86. The Morgan fingerprint density at radius 2 is 1.72 bits per heavy atom. The fourth-order valence-corrected chi connectivity index (χ4v) is 5.66. The topological polar surface area (TPSA) is 136 Å². The number of carboxylic acids is 2. The van der Waals surface area contributed by atoms with Gasteiger partial charge in [-0.1, -0.05) is 24.3 Å². The lowest BCUT2D eigenvalue weighted by Gasteiger charge is -2.46. The minimum atomic E-state index is -1.82. The average molecular weight is 545 g/mol. The van der Waals surface area contributed by atoms with Crippen molar-refractivity contribution in [1.82, 2.24) is 19.1 Å². The molecule has 2 saturated heterocycles. The van der Waals surface area contributed by atoms with Crippen molar-refractivity contribution in [2.75, 3.05) is 20.3 Å². The van der Waals surface area contributed by atoms with Gasteiger partial charge in [0.15, 0.2) is 5.65 Å². The molecule has 3 aromatic rings. The highest BCUT2D eigenvalue weighted by molar-refractivity contribution is 6.27. The second-order valence-electron chi connectivity index (χ2n) is 9.93. The number of aryl methyl sites for hydroxylation is 1. The summed E-state index contributed by atoms with van der Waals surface area (Å²) in [6, 6.07) is 13.2. The van der Waals surface area contributed by atoms with Crippen molar-refractivity contribution in [2.24, 2.45) is 0 Å². The molecule has 0 saturated carbocycles. The Kier molecular flexibility index (Phi) is 9.10. The van der Waals surface area contributed by atoms with Crippen LogP contribution in [0, 0.1) is 5.82 Å². The van der Waals surface area contributed by atoms with Gasteiger partial charge in [0.2, 0.25) is 0 Å². The summed E-state index contributed by atoms with van der Waals surface area (Å²) in [5.41, 5.74) is 0.781. The smallest absolute Gasteiger partial charge is 0.414 e. The third-order valence-corrected chi connectivity index (χ3v) is 7.34. The van der Waals surface area contributed by atoms with E-state index in [1.165, 1.54) is 6.07 Å². The number of aliphatic carboxylic acids is 2. The molecule has 2 bridgehead atoms. The summed E-state index contributed by atoms with van der Waals surface area (Å²) in [7, 11) is 1.70. The van der Waals surface area contributed by atoms with Gasteiger partial charge in [-0.2, -0.15) is 0 Å². The van der Waals surface area contributed by atoms with Crippen molar-refractivity contribution in [3.05, 3.63) is 70.5 Å². The van der Waals surface area contributed by atoms with E-state index >= 15 is 0 Å². The number of rotatable bonds is 9. The van der Waals surface area contributed by atoms with Crippen LogP contribution in [0.4, 0.5) is 4.39 Å². The molecule has 2 aliphatic rings. The number of hydrogen-bond donors (Lipinski definition) is 2. The number of fused-ring (bicyclic) bond motifs is 3. The predicted molar refractivity (Wildman–Crippen MR) is 138 cm³/mol. The van der Waals surface area contributed by atoms with Gasteiger partial charge < -0.3 is 19.7 Å². The van der Waals surface area contributed by atoms with E-state index in [2.05, 4.69) is 10.00 Å². The van der Waals surface area contributed by atoms with Crippen LogP contribution in [0.5, 0.6) is 0 Å². The lowest BCUT2D eigenvalue weighted by Crippen LogP contribution is -2.54. The first kappa shape index (κ1) is 28.4. The molecule has 0 spiro atoms. The van der Waals surface area contributed by atoms with Gasteiger partial charge in [0.25, 0.3) is 0 Å². The molecule has 5 rings (SSSR count). The molecule has 0 radical (unpaired) electrons. The minimum Gasteiger partial charge on any atom is -0.473 e. The maximum absolute atomic E-state index is 14.1. The standard InChI is InChI=1S/C25H31FN4O3.C2H2O4/c1-32-18-25(33-17-19-7-2-3-8-22(19)26)15-20-10-11-21(16-25)28(20)13-6-14-30-24(31)29-12-5-4-9-23(29)27-30;3-1(4)2(5)6/h2-5,7-9,12,20-21H,6,10-11,13-18H2,1H3;(H,3,4)(H,5,6). The van der Waals surface area contributed by atoms with Crippen LogP contribution in [-0.2, 0) is 32.2 Å². The number of methoxy groups -OCH3 is 1. The normalized spacial score (nSPS) is 22.4. The number of piperidine rings is 1. The highest BCUT2D eigenvalue weighted by Gasteiger charge is 2.49. The van der Waals surface area contributed by atoms with E-state index in [9.17, 15) is 9.18 Å². The van der Waals surface area contributed by atoms with Gasteiger partial charge in [-0.15, -0.1) is 5.10 Å². The van der Waals surface area contributed by atoms with Crippen molar-refractivity contribution < 1.29 is 33.7 Å². The molecule has 2 N–H and O–H groups in total. The molecule has 0 amide bonds. The van der Waals surface area contributed by atoms with E-state index in [1.807, 2.05) is 24.3 Å². The van der Waals surface area contributed by atoms with Crippen molar-refractivity contribution in [1.29, 1.82) is 0 Å². The van der Waals surface area contributed by atoms with Crippen molar-refractivity contribution in [3.8, 4) is 0 Å². The first-order valence-electron chi connectivity index (χ1n) is 12.9. The molecule has 2 unspecified atom stereocenters. The van der Waals surface area contributed by atoms with Crippen LogP contribution < -0.4 is 5.69 Å². The first-order valence-corrected chi connectivity index (χ1v) is 12.9. The van der Waals surface area contributed by atoms with E-state index in [4.69, 9.17) is 29.3 Å². The molecular formula is C27H33FN4O7. The van der Waals surface area contributed by atoms with E-state index < -0.39 is 17.5 Å². The summed E-state index contributed by atoms with van der Waals surface area (Å²) in [4.78, 5) is 33.3. The van der Waals surface area contributed by atoms with E-state index in [1.54, 1.807) is 34.5 Å². The molecule has 0 aliphatic carbocycles. The minimum absolute atomic E-state index is 0.0899. The third-order valence-electron chi connectivity index (χ3n) is 7.34. The van der Waals surface area contributed by atoms with Crippen LogP contribution in [0.15, 0.2) is 53.5 Å². The summed E-state index contributed by atoms with van der Waals surface area (Å²) >= 11 is 0. The number of hydrogen-bond acceptors (Lipinski definition) is 7. The Bertz CT molecular complexity index is 1330. The Labute approximate surface area is 224 Å². The average Bonchev–Trinajstić information content (AvgIpc) is 3.36. The number of ether oxygens (including phenoxy) is 2. The first-order chi connectivity index (χ1) is 18.7. The fourth-order valence-electron chi connectivity index (χ4n) is 5.66. The van der Waals surface area contributed by atoms with Gasteiger partial charge in [-0.25, -0.2) is 23.5 Å². The molecule has 2 aromatic heterocycles. The summed E-state index contributed by atoms with van der Waals surface area (Å²) in [5.74, 6) is -3.88. The van der Waals surface area contributed by atoms with Crippen molar-refractivity contribution in [2.45, 2.75) is 62.9 Å². The number of carboxylic acid groups (broad SMARTS) is 2. The molecule has 210 valence electrons. The molecule has 11 nitrogen and oxygen atoms in total. The lowest BCUT2D eigenvalue weighted by molar-refractivity contribution is -0.159. The second kappa shape index (κ2) is 12.5. The van der Waals surface area contributed by atoms with Crippen LogP contribution in [-0.4, -0.2) is 79.2 Å². The van der Waals surface area contributed by atoms with Gasteiger partial charge in [-0.05, 0) is 50.3 Å². The maximum atomic E-state index is 14.1. The van der Waals surface area contributed by atoms with E-state index in [-0.39, 0.29) is 18.1 Å². The summed E-state index contributed by atoms with van der Waals surface area (Å²) in [6.07, 6.45) is 6.63. The molecule has 39 heavy (non-hydrogen) atoms. The van der Waals surface area contributed by atoms with Crippen LogP contribution in [0.1, 0.15) is 37.7 Å². The van der Waals surface area contributed by atoms with Crippen LogP contribution in [0.2, 0.25) is 0 Å². The number of aromatic nitrogens is 3. The SMILES string of the molecule is COCC1(OCc2ccccc2F)CC2CCC(C1)N2CCCn1nc2ccccn2c1=O.O=C(O)C(=O)O. The molecule has 2 fully saturated rings. The highest BCUT2D eigenvalue weighted by Crippen LogP contribution is 2.43. The highest BCUT2D eigenvalue weighted by atomic mass is 19.1. The zero-order valence-corrected chi connectivity index (χ0v) is 21.7. The molecule has 2 atom stereocenters. The molecule has 4 heterocycles. The van der Waals surface area contributed by atoms with Crippen molar-refractivity contribution >= 4 is 17.6 Å². The fraction of sp³-hybridized carbons (Fsp3) is 0.481. The zero-order chi connectivity index (χ0) is 28.0. The molecule has 2 aliphatic heterocycles. The van der Waals surface area contributed by atoms with Gasteiger partial charge in [0.05, 0.1) is 18.8 Å². The zero-order valence-electron chi connectivity index (χ0n) is 21.7. The van der Waals surface area contributed by atoms with Gasteiger partial charge >= 0.3 is 17.6 Å². The Balaban J connectivity index is 0.000000531. The second-order valence-corrected chi connectivity index (χ2v) is 9.93. The van der Waals surface area contributed by atoms with E-state index in [0.29, 0.717) is 36.4 Å². The molecular weight excluding hydrogens is 511 g/mol. The van der Waals surface area contributed by atoms with E-state index in [0.717, 1.165) is 38.6 Å². The Hall–Kier alpha value is -3.61. The largest absolute Gasteiger partial charge is 0.473 e. The third kappa shape index (κ3) is 6.70. The molecule has 12 heteroatoms. The molecule has 1 aromatic carbocycles. The van der Waals surface area contributed by atoms with Gasteiger partial charge in [0.1, 0.15) is 5.82 Å². The summed E-state index contributed by atoms with van der Waals surface area (Å²) in [5, 5.41) is 19.2. The number of carbonyl (C=O) groups is 2. The van der Waals surface area contributed by atoms with Gasteiger partial charge in [-0.3, -0.25) is 9.30 Å². The van der Waals surface area contributed by atoms with Crippen LogP contribution in [0.25, 0.3) is 5.65 Å². The van der Waals surface area contributed by atoms with Crippen LogP contribution in [0.3, 0.4) is 0 Å². The number of benzene rings is 1. The number of pyridine rings is 1. The quantitative estimate of drug-likeness (QED) is 0.389. The number of halogens is 1. The number of nitrogens with zero attached hydrogens (tertiary/aromatic N) is 4. The monoisotopic (exact) mass is 544 g/mol.